The van der Waals surface area contributed by atoms with E-state index in [1.165, 1.54) is 44.9 Å². The fraction of sp³-hybridized carbons (Fsp3) is 0.450. The minimum Gasteiger partial charge on any atom is -0.311 e. The lowest BCUT2D eigenvalue weighted by atomic mass is 9.96. The van der Waals surface area contributed by atoms with E-state index in [1.54, 1.807) is 11.3 Å². The van der Waals surface area contributed by atoms with Crippen molar-refractivity contribution < 1.29 is 4.90 Å². The molecule has 1 fully saturated rings. The van der Waals surface area contributed by atoms with E-state index in [4.69, 9.17) is 0 Å². The van der Waals surface area contributed by atoms with Gasteiger partial charge in [-0.1, -0.05) is 12.2 Å². The first kappa shape index (κ1) is 18.9. The molecular weight excluding hydrogens is 376 g/mol. The summed E-state index contributed by atoms with van der Waals surface area (Å²) < 4.78 is 3.36. The number of hydrogen-bond acceptors (Lipinski definition) is 4. The van der Waals surface area contributed by atoms with Gasteiger partial charge in [0.15, 0.2) is 6.67 Å². The van der Waals surface area contributed by atoms with Gasteiger partial charge >= 0.3 is 17.1 Å². The molecule has 2 atom stereocenters. The summed E-state index contributed by atoms with van der Waals surface area (Å²) in [6.45, 7) is 8.54. The van der Waals surface area contributed by atoms with Crippen molar-refractivity contribution in [3.05, 3.63) is 78.6 Å². The molecular formula is C20H25N4O3S+. The second-order valence-electron chi connectivity index (χ2n) is 7.50. The minimum absolute atomic E-state index is 0.0746. The monoisotopic (exact) mass is 401 g/mol. The van der Waals surface area contributed by atoms with E-state index in [2.05, 4.69) is 24.6 Å². The van der Waals surface area contributed by atoms with Gasteiger partial charge in [0.1, 0.15) is 6.04 Å². The van der Waals surface area contributed by atoms with Crippen LogP contribution in [0.2, 0.25) is 0 Å². The van der Waals surface area contributed by atoms with E-state index < -0.39 is 17.1 Å². The topological polar surface area (TPSA) is 70.4 Å². The number of nitrogens with one attached hydrogen (secondary N) is 1. The Morgan fingerprint density at radius 1 is 1.04 bits per heavy atom. The van der Waals surface area contributed by atoms with Gasteiger partial charge in [-0.3, -0.25) is 0 Å². The predicted molar refractivity (Wildman–Crippen MR) is 109 cm³/mol. The first-order valence-corrected chi connectivity index (χ1v) is 10.5. The molecule has 4 rings (SSSR count). The van der Waals surface area contributed by atoms with Crippen LogP contribution >= 0.6 is 11.3 Å². The van der Waals surface area contributed by atoms with Gasteiger partial charge in [0, 0.05) is 22.8 Å². The summed E-state index contributed by atoms with van der Waals surface area (Å²) in [6.07, 6.45) is 6.32. The Kier molecular flexibility index (Phi) is 5.07. The van der Waals surface area contributed by atoms with Crippen molar-refractivity contribution in [2.75, 3.05) is 6.54 Å². The third kappa shape index (κ3) is 3.16. The van der Waals surface area contributed by atoms with Crippen molar-refractivity contribution in [3.8, 4) is 0 Å². The molecule has 1 unspecified atom stereocenters. The molecule has 8 heteroatoms. The van der Waals surface area contributed by atoms with Crippen LogP contribution in [-0.2, 0) is 26.2 Å². The summed E-state index contributed by atoms with van der Waals surface area (Å²) in [5.74, 6) is 0.605. The second-order valence-corrected chi connectivity index (χ2v) is 8.51. The maximum absolute atomic E-state index is 12.9. The van der Waals surface area contributed by atoms with Crippen molar-refractivity contribution in [2.24, 2.45) is 5.92 Å². The maximum Gasteiger partial charge on any atom is 0.341 e. The number of nitrogens with zero attached hydrogens (tertiary/aromatic N) is 3. The molecule has 1 N–H and O–H groups in total. The first-order chi connectivity index (χ1) is 13.6. The zero-order valence-electron chi connectivity index (χ0n) is 15.8. The van der Waals surface area contributed by atoms with Crippen LogP contribution in [0.3, 0.4) is 0 Å². The standard InChI is InChI=1S/C20H24N4O3S/c1-3-9-22-18(25)23(10-4-2)20(27)24(19(22)26)13-21-11-7-16-15(8-12-28-16)17(21)14-5-6-14/h3-4,8,12,14,17H,1-2,5-7,9-11,13H2/p+1/t17-/m1/s1. The number of rotatable bonds is 7. The average molecular weight is 402 g/mol. The molecule has 2 aromatic rings. The van der Waals surface area contributed by atoms with E-state index >= 15 is 0 Å². The molecule has 1 saturated carbocycles. The SMILES string of the molecule is C=CCn1c(=O)n(CC=C)c(=O)n(C[NH+]2CCc3sccc3[C@H]2C2CC2)c1=O. The van der Waals surface area contributed by atoms with Gasteiger partial charge in [-0.05, 0) is 24.3 Å². The summed E-state index contributed by atoms with van der Waals surface area (Å²) in [4.78, 5) is 41.1. The van der Waals surface area contributed by atoms with Crippen LogP contribution in [0.4, 0.5) is 0 Å². The largest absolute Gasteiger partial charge is 0.341 e. The first-order valence-electron chi connectivity index (χ1n) is 9.64. The number of hydrogen-bond donors (Lipinski definition) is 1. The lowest BCUT2D eigenvalue weighted by Crippen LogP contribution is -3.13. The van der Waals surface area contributed by atoms with E-state index in [9.17, 15) is 14.4 Å². The molecule has 0 spiro atoms. The second kappa shape index (κ2) is 7.52. The van der Waals surface area contributed by atoms with Gasteiger partial charge in [0.25, 0.3) is 0 Å². The Bertz CT molecular complexity index is 1040. The summed E-state index contributed by atoms with van der Waals surface area (Å²) in [5, 5.41) is 2.14. The molecule has 2 aromatic heterocycles. The molecule has 7 nitrogen and oxygen atoms in total. The molecule has 0 bridgehead atoms. The van der Waals surface area contributed by atoms with Gasteiger partial charge in [-0.25, -0.2) is 23.5 Å². The molecule has 1 aliphatic carbocycles. The number of allylic oxidation sites excluding steroid dienone is 2. The normalized spacial score (nSPS) is 21.3. The van der Waals surface area contributed by atoms with E-state index in [1.807, 2.05) is 0 Å². The van der Waals surface area contributed by atoms with Gasteiger partial charge in [-0.2, -0.15) is 4.57 Å². The molecule has 3 heterocycles. The Morgan fingerprint density at radius 2 is 1.64 bits per heavy atom. The fourth-order valence-electron chi connectivity index (χ4n) is 4.27. The maximum atomic E-state index is 12.9. The summed E-state index contributed by atoms with van der Waals surface area (Å²) >= 11 is 1.79. The molecule has 0 radical (unpaired) electrons. The zero-order chi connectivity index (χ0) is 19.8. The predicted octanol–water partition coefficient (Wildman–Crippen LogP) is 0.155. The van der Waals surface area contributed by atoms with E-state index in [0.29, 0.717) is 12.0 Å². The zero-order valence-corrected chi connectivity index (χ0v) is 16.6. The van der Waals surface area contributed by atoms with Crippen LogP contribution in [0, 0.1) is 5.92 Å². The minimum atomic E-state index is -0.612. The molecule has 148 valence electrons. The smallest absolute Gasteiger partial charge is 0.311 e. The van der Waals surface area contributed by atoms with Crippen LogP contribution < -0.4 is 22.0 Å². The van der Waals surface area contributed by atoms with Crippen LogP contribution in [0.25, 0.3) is 0 Å². The van der Waals surface area contributed by atoms with Gasteiger partial charge < -0.3 is 4.90 Å². The van der Waals surface area contributed by atoms with Gasteiger partial charge in [-0.15, -0.1) is 24.5 Å². The number of fused-ring (bicyclic) bond motifs is 1. The summed E-state index contributed by atoms with van der Waals surface area (Å²) in [6, 6.07) is 2.51. The molecule has 0 aromatic carbocycles. The summed E-state index contributed by atoms with van der Waals surface area (Å²) in [7, 11) is 0. The van der Waals surface area contributed by atoms with E-state index in [-0.39, 0.29) is 19.8 Å². The Labute approximate surface area is 166 Å². The highest BCUT2D eigenvalue weighted by atomic mass is 32.1. The highest BCUT2D eigenvalue weighted by Crippen LogP contribution is 2.42. The average Bonchev–Trinajstić information content (AvgIpc) is 3.41. The van der Waals surface area contributed by atoms with Crippen LogP contribution in [0.5, 0.6) is 0 Å². The van der Waals surface area contributed by atoms with E-state index in [0.717, 1.165) is 22.1 Å². The Balaban J connectivity index is 1.78. The third-order valence-electron chi connectivity index (χ3n) is 5.69. The third-order valence-corrected chi connectivity index (χ3v) is 6.69. The number of thiophene rings is 1. The number of aromatic nitrogens is 3. The van der Waals surface area contributed by atoms with Crippen LogP contribution in [0.15, 0.2) is 51.1 Å². The quantitative estimate of drug-likeness (QED) is 0.672. The summed E-state index contributed by atoms with van der Waals surface area (Å²) in [5.41, 5.74) is -0.368. The van der Waals surface area contributed by atoms with Crippen LogP contribution in [-0.4, -0.2) is 20.2 Å². The molecule has 0 saturated heterocycles. The number of quaternary nitrogens is 1. The Hall–Kier alpha value is -2.45. The Morgan fingerprint density at radius 3 is 2.21 bits per heavy atom. The van der Waals surface area contributed by atoms with Gasteiger partial charge in [0.2, 0.25) is 0 Å². The molecule has 1 aliphatic heterocycles. The van der Waals surface area contributed by atoms with Crippen LogP contribution in [0.1, 0.15) is 29.3 Å². The lowest BCUT2D eigenvalue weighted by Gasteiger charge is -2.33. The molecule has 28 heavy (non-hydrogen) atoms. The highest BCUT2D eigenvalue weighted by Gasteiger charge is 2.43. The van der Waals surface area contributed by atoms with Crippen molar-refractivity contribution in [1.29, 1.82) is 0 Å². The molecule has 2 aliphatic rings. The van der Waals surface area contributed by atoms with Crippen molar-refractivity contribution in [2.45, 2.75) is 45.1 Å². The van der Waals surface area contributed by atoms with Crippen molar-refractivity contribution in [3.63, 3.8) is 0 Å². The highest BCUT2D eigenvalue weighted by molar-refractivity contribution is 7.10. The molecule has 0 amide bonds. The van der Waals surface area contributed by atoms with Gasteiger partial charge in [0.05, 0.1) is 19.6 Å². The van der Waals surface area contributed by atoms with Crippen molar-refractivity contribution >= 4 is 11.3 Å². The lowest BCUT2D eigenvalue weighted by molar-refractivity contribution is -0.958. The fourth-order valence-corrected chi connectivity index (χ4v) is 5.20. The van der Waals surface area contributed by atoms with Crippen molar-refractivity contribution in [1.82, 2.24) is 13.7 Å².